The number of unbranched alkanes of at least 4 members (excludes halogenated alkanes) is 2. The topological polar surface area (TPSA) is 21.3 Å². The van der Waals surface area contributed by atoms with Crippen LogP contribution in [0.3, 0.4) is 0 Å². The van der Waals surface area contributed by atoms with Gasteiger partial charge in [0.15, 0.2) is 0 Å². The predicted octanol–water partition coefficient (Wildman–Crippen LogP) is 3.04. The average molecular weight is 227 g/mol. The summed E-state index contributed by atoms with van der Waals surface area (Å²) in [5.41, 5.74) is 0. The van der Waals surface area contributed by atoms with Gasteiger partial charge in [-0.1, -0.05) is 13.0 Å². The molecule has 2 nitrogen and oxygen atoms in total. The third-order valence-corrected chi connectivity index (χ3v) is 3.07. The van der Waals surface area contributed by atoms with Gasteiger partial charge in [-0.25, -0.2) is 0 Å². The number of ether oxygens (including phenoxy) is 1. The smallest absolute Gasteiger partial charge is 0.0809 e. The normalized spacial score (nSPS) is 10.7. The third kappa shape index (κ3) is 6.66. The van der Waals surface area contributed by atoms with Crippen LogP contribution in [0.5, 0.6) is 0 Å². The van der Waals surface area contributed by atoms with Crippen LogP contribution in [0.2, 0.25) is 0 Å². The SMILES string of the molecule is CCNCCCCCOCc1cccs1. The maximum Gasteiger partial charge on any atom is 0.0809 e. The van der Waals surface area contributed by atoms with E-state index in [0.717, 1.165) is 26.3 Å². The van der Waals surface area contributed by atoms with Gasteiger partial charge in [0, 0.05) is 11.5 Å². The Labute approximate surface area is 96.7 Å². The lowest BCUT2D eigenvalue weighted by atomic mass is 10.2. The Morgan fingerprint density at radius 1 is 1.33 bits per heavy atom. The van der Waals surface area contributed by atoms with Crippen LogP contribution in [0.15, 0.2) is 17.5 Å². The molecule has 0 aromatic carbocycles. The van der Waals surface area contributed by atoms with E-state index in [9.17, 15) is 0 Å². The second-order valence-corrected chi connectivity index (χ2v) is 4.58. The van der Waals surface area contributed by atoms with Crippen molar-refractivity contribution in [3.05, 3.63) is 22.4 Å². The summed E-state index contributed by atoms with van der Waals surface area (Å²) in [6.07, 6.45) is 3.70. The molecule has 0 unspecified atom stereocenters. The molecule has 0 aliphatic rings. The highest BCUT2D eigenvalue weighted by atomic mass is 32.1. The molecule has 3 heteroatoms. The van der Waals surface area contributed by atoms with Gasteiger partial charge in [-0.3, -0.25) is 0 Å². The van der Waals surface area contributed by atoms with Crippen molar-refractivity contribution in [3.63, 3.8) is 0 Å². The maximum atomic E-state index is 5.57. The first kappa shape index (κ1) is 12.7. The van der Waals surface area contributed by atoms with Crippen LogP contribution in [-0.2, 0) is 11.3 Å². The molecule has 0 aliphatic heterocycles. The van der Waals surface area contributed by atoms with Crippen molar-refractivity contribution in [1.82, 2.24) is 5.32 Å². The molecule has 1 heterocycles. The summed E-state index contributed by atoms with van der Waals surface area (Å²) in [7, 11) is 0. The molecule has 1 N–H and O–H groups in total. The monoisotopic (exact) mass is 227 g/mol. The molecule has 1 aromatic heterocycles. The van der Waals surface area contributed by atoms with Gasteiger partial charge in [-0.05, 0) is 43.8 Å². The van der Waals surface area contributed by atoms with Crippen molar-refractivity contribution < 1.29 is 4.74 Å². The summed E-state index contributed by atoms with van der Waals surface area (Å²) in [6, 6.07) is 4.19. The van der Waals surface area contributed by atoms with Gasteiger partial charge < -0.3 is 10.1 Å². The van der Waals surface area contributed by atoms with Crippen LogP contribution in [0.25, 0.3) is 0 Å². The van der Waals surface area contributed by atoms with E-state index in [0.29, 0.717) is 0 Å². The molecule has 0 saturated carbocycles. The van der Waals surface area contributed by atoms with Crippen LogP contribution >= 0.6 is 11.3 Å². The van der Waals surface area contributed by atoms with E-state index in [4.69, 9.17) is 4.74 Å². The van der Waals surface area contributed by atoms with Crippen molar-refractivity contribution in [2.24, 2.45) is 0 Å². The Bertz CT molecular complexity index is 224. The average Bonchev–Trinajstić information content (AvgIpc) is 2.75. The fourth-order valence-electron chi connectivity index (χ4n) is 1.38. The number of hydrogen-bond acceptors (Lipinski definition) is 3. The van der Waals surface area contributed by atoms with Crippen LogP contribution in [-0.4, -0.2) is 19.7 Å². The van der Waals surface area contributed by atoms with Gasteiger partial charge in [-0.15, -0.1) is 11.3 Å². The largest absolute Gasteiger partial charge is 0.376 e. The Morgan fingerprint density at radius 2 is 2.27 bits per heavy atom. The molecule has 0 saturated heterocycles. The van der Waals surface area contributed by atoms with E-state index in [1.165, 1.54) is 24.1 Å². The first-order valence-electron chi connectivity index (χ1n) is 5.74. The zero-order valence-corrected chi connectivity index (χ0v) is 10.3. The highest BCUT2D eigenvalue weighted by Gasteiger charge is 1.93. The summed E-state index contributed by atoms with van der Waals surface area (Å²) < 4.78 is 5.57. The molecule has 86 valence electrons. The van der Waals surface area contributed by atoms with Gasteiger partial charge in [0.1, 0.15) is 0 Å². The van der Waals surface area contributed by atoms with E-state index in [1.807, 2.05) is 0 Å². The zero-order valence-electron chi connectivity index (χ0n) is 9.50. The molecule has 0 atom stereocenters. The Balaban J connectivity index is 1.81. The van der Waals surface area contributed by atoms with Gasteiger partial charge in [0.05, 0.1) is 6.61 Å². The minimum absolute atomic E-state index is 0.783. The zero-order chi connectivity index (χ0) is 10.8. The van der Waals surface area contributed by atoms with Crippen molar-refractivity contribution in [2.75, 3.05) is 19.7 Å². The Hall–Kier alpha value is -0.380. The number of nitrogens with one attached hydrogen (secondary N) is 1. The second kappa shape index (κ2) is 8.89. The highest BCUT2D eigenvalue weighted by Crippen LogP contribution is 2.09. The van der Waals surface area contributed by atoms with Crippen molar-refractivity contribution in [1.29, 1.82) is 0 Å². The molecular weight excluding hydrogens is 206 g/mol. The Kier molecular flexibility index (Phi) is 7.52. The molecule has 1 aromatic rings. The molecule has 0 fully saturated rings. The molecular formula is C12H21NOS. The lowest BCUT2D eigenvalue weighted by Crippen LogP contribution is -2.13. The van der Waals surface area contributed by atoms with Crippen LogP contribution in [0.4, 0.5) is 0 Å². The maximum absolute atomic E-state index is 5.57. The van der Waals surface area contributed by atoms with E-state index in [1.54, 1.807) is 11.3 Å². The first-order valence-corrected chi connectivity index (χ1v) is 6.62. The van der Waals surface area contributed by atoms with Gasteiger partial charge in [0.2, 0.25) is 0 Å². The van der Waals surface area contributed by atoms with Crippen LogP contribution < -0.4 is 5.32 Å². The van der Waals surface area contributed by atoms with Crippen LogP contribution in [0.1, 0.15) is 31.1 Å². The predicted molar refractivity (Wildman–Crippen MR) is 66.4 cm³/mol. The lowest BCUT2D eigenvalue weighted by Gasteiger charge is -2.03. The minimum Gasteiger partial charge on any atom is -0.376 e. The summed E-state index contributed by atoms with van der Waals surface area (Å²) in [5.74, 6) is 0. The van der Waals surface area contributed by atoms with E-state index >= 15 is 0 Å². The molecule has 1 rings (SSSR count). The second-order valence-electron chi connectivity index (χ2n) is 3.55. The summed E-state index contributed by atoms with van der Waals surface area (Å²) in [5, 5.41) is 5.41. The summed E-state index contributed by atoms with van der Waals surface area (Å²) >= 11 is 1.76. The molecule has 0 radical (unpaired) electrons. The molecule has 0 amide bonds. The van der Waals surface area contributed by atoms with Crippen molar-refractivity contribution in [3.8, 4) is 0 Å². The molecule has 0 aliphatic carbocycles. The van der Waals surface area contributed by atoms with Gasteiger partial charge in [-0.2, -0.15) is 0 Å². The number of hydrogen-bond donors (Lipinski definition) is 1. The van der Waals surface area contributed by atoms with Gasteiger partial charge in [0.25, 0.3) is 0 Å². The minimum atomic E-state index is 0.783. The lowest BCUT2D eigenvalue weighted by molar-refractivity contribution is 0.119. The highest BCUT2D eigenvalue weighted by molar-refractivity contribution is 7.09. The fourth-order valence-corrected chi connectivity index (χ4v) is 2.02. The molecule has 0 spiro atoms. The summed E-state index contributed by atoms with van der Waals surface area (Å²) in [4.78, 5) is 1.32. The summed E-state index contributed by atoms with van der Waals surface area (Å²) in [6.45, 7) is 6.04. The fraction of sp³-hybridized carbons (Fsp3) is 0.667. The van der Waals surface area contributed by atoms with Crippen LogP contribution in [0, 0.1) is 0 Å². The standard InChI is InChI=1S/C12H21NOS/c1-2-13-8-4-3-5-9-14-11-12-7-6-10-15-12/h6-7,10,13H,2-5,8-9,11H2,1H3. The van der Waals surface area contributed by atoms with E-state index in [-0.39, 0.29) is 0 Å². The van der Waals surface area contributed by atoms with Gasteiger partial charge >= 0.3 is 0 Å². The quantitative estimate of drug-likeness (QED) is 0.655. The number of rotatable bonds is 9. The number of thiophene rings is 1. The first-order chi connectivity index (χ1) is 7.43. The Morgan fingerprint density at radius 3 is 3.00 bits per heavy atom. The van der Waals surface area contributed by atoms with Crippen molar-refractivity contribution in [2.45, 2.75) is 32.8 Å². The van der Waals surface area contributed by atoms with Crippen molar-refractivity contribution >= 4 is 11.3 Å². The third-order valence-electron chi connectivity index (χ3n) is 2.22. The van der Waals surface area contributed by atoms with E-state index < -0.39 is 0 Å². The van der Waals surface area contributed by atoms with E-state index in [2.05, 4.69) is 29.8 Å². The molecule has 0 bridgehead atoms. The molecule has 15 heavy (non-hydrogen) atoms.